The predicted octanol–water partition coefficient (Wildman–Crippen LogP) is 2.82. The van der Waals surface area contributed by atoms with E-state index in [2.05, 4.69) is 4.74 Å². The summed E-state index contributed by atoms with van der Waals surface area (Å²) in [6.45, 7) is 0. The second-order valence-corrected chi connectivity index (χ2v) is 4.97. The number of carbonyl (C=O) groups excluding carboxylic acids is 2. The lowest BCUT2D eigenvalue weighted by atomic mass is 10.2. The quantitative estimate of drug-likeness (QED) is 0.615. The van der Waals surface area contributed by atoms with Gasteiger partial charge in [0.05, 0.1) is 7.11 Å². The first-order valence-corrected chi connectivity index (χ1v) is 6.90. The van der Waals surface area contributed by atoms with E-state index in [4.69, 9.17) is 0 Å². The van der Waals surface area contributed by atoms with E-state index < -0.39 is 6.09 Å². The van der Waals surface area contributed by atoms with Crippen molar-refractivity contribution in [3.8, 4) is 0 Å². The number of imide groups is 1. The molecule has 0 aliphatic carbocycles. The number of benzene rings is 1. The van der Waals surface area contributed by atoms with Crippen LogP contribution in [-0.2, 0) is 4.74 Å². The minimum absolute atomic E-state index is 0.383. The molecule has 4 nitrogen and oxygen atoms in total. The van der Waals surface area contributed by atoms with E-state index in [1.165, 1.54) is 17.9 Å². The highest BCUT2D eigenvalue weighted by atomic mass is 33.1. The summed E-state index contributed by atoms with van der Waals surface area (Å²) in [5.74, 6) is -0.383. The molecular formula is C10H11NO3S2. The molecular weight excluding hydrogens is 246 g/mol. The van der Waals surface area contributed by atoms with Crippen LogP contribution in [0.15, 0.2) is 30.3 Å². The highest BCUT2D eigenvalue weighted by Gasteiger charge is 2.24. The van der Waals surface area contributed by atoms with Gasteiger partial charge in [0.25, 0.3) is 5.91 Å². The molecule has 0 spiro atoms. The van der Waals surface area contributed by atoms with Gasteiger partial charge in [0, 0.05) is 16.5 Å². The zero-order valence-electron chi connectivity index (χ0n) is 8.88. The van der Waals surface area contributed by atoms with Crippen molar-refractivity contribution in [2.75, 3.05) is 13.4 Å². The van der Waals surface area contributed by atoms with Gasteiger partial charge in [-0.05, 0) is 18.4 Å². The van der Waals surface area contributed by atoms with Gasteiger partial charge in [0.2, 0.25) is 0 Å². The number of hydrogen-bond donors (Lipinski definition) is 0. The number of nitrogens with zero attached hydrogens (tertiary/aromatic N) is 1. The number of carbonyl (C=O) groups is 2. The molecule has 0 aromatic heterocycles. The van der Waals surface area contributed by atoms with Crippen LogP contribution in [0.3, 0.4) is 0 Å². The molecule has 0 fully saturated rings. The standard InChI is InChI=1S/C10H11NO3S2/c1-14-10(13)11(16-15-2)9(12)8-6-4-3-5-7-8/h3-7H,1-2H3. The molecule has 1 rings (SSSR count). The predicted molar refractivity (Wildman–Crippen MR) is 66.1 cm³/mol. The number of hydrogen-bond acceptors (Lipinski definition) is 5. The van der Waals surface area contributed by atoms with Crippen molar-refractivity contribution in [2.45, 2.75) is 0 Å². The summed E-state index contributed by atoms with van der Waals surface area (Å²) in [4.78, 5) is 23.3. The second kappa shape index (κ2) is 6.44. The third-order valence-electron chi connectivity index (χ3n) is 1.69. The Labute approximate surface area is 102 Å². The van der Waals surface area contributed by atoms with E-state index in [1.807, 2.05) is 0 Å². The summed E-state index contributed by atoms with van der Waals surface area (Å²) in [5, 5.41) is 0. The molecule has 0 unspecified atom stereocenters. The van der Waals surface area contributed by atoms with E-state index >= 15 is 0 Å². The van der Waals surface area contributed by atoms with Gasteiger partial charge in [0.15, 0.2) is 0 Å². The van der Waals surface area contributed by atoms with E-state index in [9.17, 15) is 9.59 Å². The highest BCUT2D eigenvalue weighted by Crippen LogP contribution is 2.25. The van der Waals surface area contributed by atoms with Gasteiger partial charge in [0.1, 0.15) is 0 Å². The van der Waals surface area contributed by atoms with Crippen LogP contribution in [0, 0.1) is 0 Å². The van der Waals surface area contributed by atoms with Gasteiger partial charge in [-0.2, -0.15) is 4.31 Å². The summed E-state index contributed by atoms with van der Waals surface area (Å²) in [5.41, 5.74) is 0.453. The van der Waals surface area contributed by atoms with Crippen LogP contribution < -0.4 is 0 Å². The zero-order chi connectivity index (χ0) is 12.0. The molecule has 0 saturated carbocycles. The molecule has 0 N–H and O–H groups in total. The number of rotatable bonds is 3. The molecule has 6 heteroatoms. The van der Waals surface area contributed by atoms with Crippen molar-refractivity contribution in [3.05, 3.63) is 35.9 Å². The highest BCUT2D eigenvalue weighted by molar-refractivity contribution is 8.75. The Morgan fingerprint density at radius 3 is 2.38 bits per heavy atom. The fraction of sp³-hybridized carbons (Fsp3) is 0.200. The maximum atomic E-state index is 11.9. The Morgan fingerprint density at radius 1 is 1.25 bits per heavy atom. The summed E-state index contributed by atoms with van der Waals surface area (Å²) in [7, 11) is 3.58. The van der Waals surface area contributed by atoms with Gasteiger partial charge in [-0.3, -0.25) is 4.79 Å². The van der Waals surface area contributed by atoms with Crippen LogP contribution in [0.2, 0.25) is 0 Å². The van der Waals surface area contributed by atoms with Crippen molar-refractivity contribution >= 4 is 33.8 Å². The van der Waals surface area contributed by atoms with Crippen LogP contribution >= 0.6 is 21.8 Å². The van der Waals surface area contributed by atoms with Gasteiger partial charge in [-0.1, -0.05) is 29.0 Å². The average Bonchev–Trinajstić information content (AvgIpc) is 2.35. The first-order chi connectivity index (χ1) is 7.70. The lowest BCUT2D eigenvalue weighted by Crippen LogP contribution is -2.30. The van der Waals surface area contributed by atoms with Crippen LogP contribution in [0.4, 0.5) is 4.79 Å². The summed E-state index contributed by atoms with van der Waals surface area (Å²) < 4.78 is 5.53. The average molecular weight is 257 g/mol. The van der Waals surface area contributed by atoms with Gasteiger partial charge >= 0.3 is 6.09 Å². The summed E-state index contributed by atoms with van der Waals surface area (Å²) >= 11 is 0. The fourth-order valence-corrected chi connectivity index (χ4v) is 2.29. The van der Waals surface area contributed by atoms with Crippen molar-refractivity contribution in [1.82, 2.24) is 4.31 Å². The number of amides is 2. The molecule has 0 aliphatic heterocycles. The topological polar surface area (TPSA) is 46.6 Å². The van der Waals surface area contributed by atoms with E-state index in [-0.39, 0.29) is 5.91 Å². The Hall–Kier alpha value is -1.14. The first-order valence-electron chi connectivity index (χ1n) is 4.39. The third kappa shape index (κ3) is 3.18. The monoisotopic (exact) mass is 257 g/mol. The molecule has 0 heterocycles. The summed E-state index contributed by atoms with van der Waals surface area (Å²) in [6, 6.07) is 8.60. The SMILES string of the molecule is COC(=O)N(SSC)C(=O)c1ccccc1. The van der Waals surface area contributed by atoms with Crippen molar-refractivity contribution < 1.29 is 14.3 Å². The molecule has 16 heavy (non-hydrogen) atoms. The van der Waals surface area contributed by atoms with Crippen molar-refractivity contribution in [2.24, 2.45) is 0 Å². The Morgan fingerprint density at radius 2 is 1.88 bits per heavy atom. The van der Waals surface area contributed by atoms with Crippen molar-refractivity contribution in [3.63, 3.8) is 0 Å². The normalized spacial score (nSPS) is 9.62. The second-order valence-electron chi connectivity index (χ2n) is 2.68. The van der Waals surface area contributed by atoms with Crippen LogP contribution in [0.5, 0.6) is 0 Å². The Balaban J connectivity index is 2.87. The molecule has 1 aromatic carbocycles. The lowest BCUT2D eigenvalue weighted by Gasteiger charge is -2.15. The zero-order valence-corrected chi connectivity index (χ0v) is 10.5. The third-order valence-corrected chi connectivity index (χ3v) is 3.20. The van der Waals surface area contributed by atoms with E-state index in [0.717, 1.165) is 15.3 Å². The maximum Gasteiger partial charge on any atom is 0.427 e. The van der Waals surface area contributed by atoms with Crippen LogP contribution in [0.1, 0.15) is 10.4 Å². The largest absolute Gasteiger partial charge is 0.452 e. The Bertz CT molecular complexity index is 370. The van der Waals surface area contributed by atoms with E-state index in [1.54, 1.807) is 36.6 Å². The van der Waals surface area contributed by atoms with Gasteiger partial charge < -0.3 is 4.74 Å². The number of methoxy groups -OCH3 is 1. The van der Waals surface area contributed by atoms with Crippen molar-refractivity contribution in [1.29, 1.82) is 0 Å². The molecule has 0 radical (unpaired) electrons. The van der Waals surface area contributed by atoms with E-state index in [0.29, 0.717) is 5.56 Å². The lowest BCUT2D eigenvalue weighted by molar-refractivity contribution is 0.0842. The molecule has 2 amide bonds. The van der Waals surface area contributed by atoms with Gasteiger partial charge in [-0.25, -0.2) is 4.79 Å². The number of ether oxygens (including phenoxy) is 1. The maximum absolute atomic E-state index is 11.9. The van der Waals surface area contributed by atoms with Gasteiger partial charge in [-0.15, -0.1) is 0 Å². The molecule has 0 bridgehead atoms. The minimum atomic E-state index is -0.673. The molecule has 1 aromatic rings. The molecule has 86 valence electrons. The molecule has 0 atom stereocenters. The smallest absolute Gasteiger partial charge is 0.427 e. The molecule has 0 saturated heterocycles. The first kappa shape index (κ1) is 12.9. The van der Waals surface area contributed by atoms with Crippen LogP contribution in [-0.4, -0.2) is 29.7 Å². The fourth-order valence-electron chi connectivity index (χ4n) is 1.00. The minimum Gasteiger partial charge on any atom is -0.452 e. The Kier molecular flexibility index (Phi) is 5.21. The summed E-state index contributed by atoms with van der Waals surface area (Å²) in [6.07, 6.45) is 1.10. The molecule has 0 aliphatic rings. The van der Waals surface area contributed by atoms with Crippen LogP contribution in [0.25, 0.3) is 0 Å².